The van der Waals surface area contributed by atoms with E-state index in [-0.39, 0.29) is 40.7 Å². The van der Waals surface area contributed by atoms with Crippen molar-refractivity contribution in [3.63, 3.8) is 0 Å². The van der Waals surface area contributed by atoms with E-state index < -0.39 is 48.4 Å². The summed E-state index contributed by atoms with van der Waals surface area (Å²) in [6.45, 7) is 12.5. The van der Waals surface area contributed by atoms with Crippen molar-refractivity contribution in [1.82, 2.24) is 15.0 Å². The first-order valence-corrected chi connectivity index (χ1v) is 32.2. The lowest BCUT2D eigenvalue weighted by Crippen LogP contribution is -2.61. The molecule has 0 N–H and O–H groups in total. The molecule has 95 heavy (non-hydrogen) atoms. The summed E-state index contributed by atoms with van der Waals surface area (Å²) >= 11 is 0. The van der Waals surface area contributed by atoms with E-state index in [1.165, 1.54) is 0 Å². The van der Waals surface area contributed by atoms with Crippen LogP contribution in [0.2, 0.25) is 0 Å². The van der Waals surface area contributed by atoms with Crippen LogP contribution in [0.25, 0.3) is 101 Å². The van der Waals surface area contributed by atoms with Gasteiger partial charge < -0.3 is 9.80 Å². The molecule has 3 heterocycles. The Morgan fingerprint density at radius 2 is 0.726 bits per heavy atom. The summed E-state index contributed by atoms with van der Waals surface area (Å²) in [7, 11) is 0. The SMILES string of the molecule is [2H]c1c([2H])c([2H])c(-c2ccc3c(c2)B2c4ccc(-c5c([2H])c([2H])c([2H])c([2H])c5[2H])cc4N(c4c(-c5ccccc5)cc(C(C)(C)C)cc4-c4nc(-c5ccccc5)nc(-c5ccccc5)n4)c4cc(-c5cccc(C(C)(C)C)c5)cc(c42)N3c2ccc(-c3ccccc3)cc2-c2ccccc2)c([2H])c1[2H]. The number of benzene rings is 13. The fourth-order valence-corrected chi connectivity index (χ4v) is 13.6. The van der Waals surface area contributed by atoms with E-state index >= 15 is 0 Å². The van der Waals surface area contributed by atoms with Gasteiger partial charge in [0.15, 0.2) is 17.5 Å². The molecule has 0 fully saturated rings. The number of hydrogen-bond donors (Lipinski definition) is 0. The third-order valence-electron chi connectivity index (χ3n) is 18.4. The summed E-state index contributed by atoms with van der Waals surface area (Å²) < 4.78 is 92.2. The molecule has 0 aliphatic carbocycles. The van der Waals surface area contributed by atoms with Crippen LogP contribution in [0, 0.1) is 0 Å². The Hall–Kier alpha value is -11.5. The van der Waals surface area contributed by atoms with Gasteiger partial charge in [-0.3, -0.25) is 0 Å². The van der Waals surface area contributed by atoms with Crippen LogP contribution < -0.4 is 26.2 Å². The predicted octanol–water partition coefficient (Wildman–Crippen LogP) is 21.6. The smallest absolute Gasteiger partial charge is 0.252 e. The minimum Gasteiger partial charge on any atom is -0.311 e. The van der Waals surface area contributed by atoms with Crippen LogP contribution in [0.1, 0.15) is 66.4 Å². The van der Waals surface area contributed by atoms with Gasteiger partial charge in [-0.25, -0.2) is 15.0 Å². The largest absolute Gasteiger partial charge is 0.311 e. The topological polar surface area (TPSA) is 45.2 Å². The lowest BCUT2D eigenvalue weighted by molar-refractivity contribution is 0.590. The molecule has 0 saturated heterocycles. The second-order valence-electron chi connectivity index (χ2n) is 26.4. The maximum absolute atomic E-state index is 9.64. The van der Waals surface area contributed by atoms with Gasteiger partial charge in [0.2, 0.25) is 0 Å². The van der Waals surface area contributed by atoms with Gasteiger partial charge >= 0.3 is 0 Å². The number of anilines is 6. The van der Waals surface area contributed by atoms with Crippen LogP contribution in [-0.2, 0) is 10.8 Å². The van der Waals surface area contributed by atoms with Gasteiger partial charge in [0.1, 0.15) is 0 Å². The molecule has 2 aliphatic heterocycles. The summed E-state index contributed by atoms with van der Waals surface area (Å²) in [5.41, 5.74) is 18.5. The van der Waals surface area contributed by atoms with Crippen LogP contribution in [0.3, 0.4) is 0 Å². The van der Waals surface area contributed by atoms with E-state index in [1.807, 2.05) is 152 Å². The van der Waals surface area contributed by atoms with Crippen LogP contribution in [0.15, 0.2) is 315 Å². The van der Waals surface area contributed by atoms with Crippen molar-refractivity contribution in [2.24, 2.45) is 0 Å². The first-order chi connectivity index (χ1) is 50.5. The van der Waals surface area contributed by atoms with Gasteiger partial charge in [0.05, 0.1) is 25.1 Å². The molecule has 454 valence electrons. The molecule has 16 rings (SSSR count). The number of fused-ring (bicyclic) bond motifs is 4. The van der Waals surface area contributed by atoms with Crippen molar-refractivity contribution >= 4 is 57.2 Å². The van der Waals surface area contributed by atoms with E-state index in [2.05, 4.69) is 154 Å². The monoisotopic (exact) mass is 1230 g/mol. The normalized spacial score (nSPS) is 13.9. The Morgan fingerprint density at radius 1 is 0.284 bits per heavy atom. The van der Waals surface area contributed by atoms with Gasteiger partial charge in [-0.2, -0.15) is 0 Å². The number of rotatable bonds is 11. The Bertz CT molecular complexity index is 5720. The van der Waals surface area contributed by atoms with E-state index in [0.717, 1.165) is 100 Å². The van der Waals surface area contributed by atoms with Crippen molar-refractivity contribution in [2.75, 3.05) is 9.80 Å². The summed E-state index contributed by atoms with van der Waals surface area (Å²) in [6.07, 6.45) is 0. The molecule has 2 aliphatic rings. The molecule has 0 unspecified atom stereocenters. The Balaban J connectivity index is 1.12. The van der Waals surface area contributed by atoms with Gasteiger partial charge in [-0.05, 0) is 143 Å². The number of aromatic nitrogens is 3. The van der Waals surface area contributed by atoms with Gasteiger partial charge in [-0.1, -0.05) is 308 Å². The summed E-state index contributed by atoms with van der Waals surface area (Å²) in [5, 5.41) is 0. The second-order valence-corrected chi connectivity index (χ2v) is 26.4. The number of hydrogen-bond acceptors (Lipinski definition) is 5. The third kappa shape index (κ3) is 10.9. The lowest BCUT2D eigenvalue weighted by Gasteiger charge is -2.46. The summed E-state index contributed by atoms with van der Waals surface area (Å²) in [6, 6.07) is 82.4. The van der Waals surface area contributed by atoms with Crippen LogP contribution in [0.5, 0.6) is 0 Å². The lowest BCUT2D eigenvalue weighted by atomic mass is 9.33. The summed E-state index contributed by atoms with van der Waals surface area (Å²) in [5.74, 6) is 1.27. The number of nitrogens with zero attached hydrogens (tertiary/aromatic N) is 5. The standard InChI is InChI=1S/C89H70BN5/c1-88(2,3)71-44-28-43-66(51-71)70-55-81-83-82(56-70)95(84-74(63-37-22-11-23-38-63)57-72(89(4,5)6)58-75(84)87-92-85(64-39-24-12-25-40-64)91-86(93-87)65-41-26-13-27-42-65)80-54-69(61-33-18-9-19-34-61)45-48-76(80)90(83)77-53-68(60-31-16-8-17-32-60)47-50-79(77)94(81)78-49-46-67(59-29-14-7-15-30-59)52-73(78)62-35-20-10-21-36-62/h7-58H,1-6H3/i8D,9D,16D,17D,18D,19D,31D,32D,33D,34D. The maximum atomic E-state index is 9.64. The zero-order valence-electron chi connectivity index (χ0n) is 63.6. The molecule has 0 atom stereocenters. The van der Waals surface area contributed by atoms with Crippen molar-refractivity contribution in [1.29, 1.82) is 0 Å². The molecular formula is C89H70BN5. The molecule has 14 aromatic rings. The first kappa shape index (κ1) is 48.3. The van der Waals surface area contributed by atoms with Crippen molar-refractivity contribution in [3.8, 4) is 101 Å². The van der Waals surface area contributed by atoms with E-state index in [1.54, 1.807) is 0 Å². The van der Waals surface area contributed by atoms with Crippen molar-refractivity contribution in [2.45, 2.75) is 52.4 Å². The molecule has 5 nitrogen and oxygen atoms in total. The van der Waals surface area contributed by atoms with Gasteiger partial charge in [0, 0.05) is 50.6 Å². The van der Waals surface area contributed by atoms with Crippen LogP contribution in [-0.4, -0.2) is 21.7 Å². The highest BCUT2D eigenvalue weighted by molar-refractivity contribution is 7.00. The highest BCUT2D eigenvalue weighted by Gasteiger charge is 2.46. The zero-order chi connectivity index (χ0) is 73.1. The van der Waals surface area contributed by atoms with E-state index in [4.69, 9.17) is 23.2 Å². The molecular weight excluding hydrogens is 1150 g/mol. The highest BCUT2D eigenvalue weighted by atomic mass is 15.2. The zero-order valence-corrected chi connectivity index (χ0v) is 53.6. The molecule has 0 spiro atoms. The van der Waals surface area contributed by atoms with Gasteiger partial charge in [0.25, 0.3) is 6.71 Å². The van der Waals surface area contributed by atoms with Crippen molar-refractivity contribution < 1.29 is 13.7 Å². The molecule has 0 saturated carbocycles. The molecule has 0 amide bonds. The highest BCUT2D eigenvalue weighted by Crippen LogP contribution is 2.54. The Labute approximate surface area is 572 Å². The van der Waals surface area contributed by atoms with E-state index in [0.29, 0.717) is 51.2 Å². The molecule has 0 bridgehead atoms. The fourth-order valence-electron chi connectivity index (χ4n) is 13.6. The van der Waals surface area contributed by atoms with Crippen LogP contribution >= 0.6 is 0 Å². The average molecular weight is 1230 g/mol. The molecule has 1 aromatic heterocycles. The maximum Gasteiger partial charge on any atom is 0.252 e. The Kier molecular flexibility index (Phi) is 12.2. The molecule has 13 aromatic carbocycles. The summed E-state index contributed by atoms with van der Waals surface area (Å²) in [4.78, 5) is 21.0. The second kappa shape index (κ2) is 23.9. The Morgan fingerprint density at radius 3 is 1.29 bits per heavy atom. The van der Waals surface area contributed by atoms with E-state index in [9.17, 15) is 5.48 Å². The third-order valence-corrected chi connectivity index (χ3v) is 18.4. The fraction of sp³-hybridized carbons (Fsp3) is 0.0899. The minimum absolute atomic E-state index is 0.0122. The first-order valence-electron chi connectivity index (χ1n) is 37.2. The molecule has 0 radical (unpaired) electrons. The van der Waals surface area contributed by atoms with Gasteiger partial charge in [-0.15, -0.1) is 0 Å². The minimum atomic E-state index is -0.728. The van der Waals surface area contributed by atoms with Crippen LogP contribution in [0.4, 0.5) is 34.1 Å². The predicted molar refractivity (Wildman–Crippen MR) is 400 cm³/mol. The average Bonchev–Trinajstić information content (AvgIpc) is 0.687. The molecule has 6 heteroatoms. The van der Waals surface area contributed by atoms with Crippen molar-refractivity contribution in [3.05, 3.63) is 326 Å². The quantitative estimate of drug-likeness (QED) is 0.121.